The lowest BCUT2D eigenvalue weighted by Crippen LogP contribution is -2.28. The van der Waals surface area contributed by atoms with Crippen molar-refractivity contribution in [2.24, 2.45) is 5.41 Å². The molecule has 1 fully saturated rings. The number of unbranched alkanes of at least 4 members (excludes halogenated alkanes) is 7. The number of hydrogen-bond donors (Lipinski definition) is 1. The number of hydrogen-bond acceptors (Lipinski definition) is 7. The zero-order valence-corrected chi connectivity index (χ0v) is 28.3. The standard InChI is InChI=1S/C39H43F2NO5S/c1-45-35-25-30-32(26-36(35)46-20-8-6-4-2-3-5-7-9-21-48)42-19-16-33(30)47-34-15-12-28(22-31(34)41)24-38(44)39(17-18-39)37(43)23-27-10-13-29(40)14-11-27/h10-16,19,22,25-26,48H,2-9,17-18,20-21,23-24H2,1H3. The van der Waals surface area contributed by atoms with Crippen LogP contribution in [0.2, 0.25) is 0 Å². The largest absolute Gasteiger partial charge is 0.493 e. The van der Waals surface area contributed by atoms with Crippen LogP contribution in [0.1, 0.15) is 75.3 Å². The molecule has 3 aromatic carbocycles. The molecule has 5 rings (SSSR count). The highest BCUT2D eigenvalue weighted by atomic mass is 32.1. The fourth-order valence-corrected chi connectivity index (χ4v) is 6.18. The fourth-order valence-electron chi connectivity index (χ4n) is 5.95. The first-order chi connectivity index (χ1) is 23.3. The van der Waals surface area contributed by atoms with Crippen molar-refractivity contribution in [2.75, 3.05) is 19.5 Å². The van der Waals surface area contributed by atoms with Crippen LogP contribution in [0.4, 0.5) is 8.78 Å². The number of Topliss-reactive ketones (excluding diaryl/α,β-unsaturated/α-hetero) is 2. The van der Waals surface area contributed by atoms with E-state index in [1.54, 1.807) is 49.7 Å². The number of ether oxygens (including phenoxy) is 3. The minimum Gasteiger partial charge on any atom is -0.493 e. The van der Waals surface area contributed by atoms with Crippen LogP contribution in [0.5, 0.6) is 23.0 Å². The predicted molar refractivity (Wildman–Crippen MR) is 187 cm³/mol. The van der Waals surface area contributed by atoms with Gasteiger partial charge in [0, 0.05) is 30.5 Å². The van der Waals surface area contributed by atoms with Gasteiger partial charge in [-0.05, 0) is 79.0 Å². The molecule has 0 N–H and O–H groups in total. The fraction of sp³-hybridized carbons (Fsp3) is 0.410. The summed E-state index contributed by atoms with van der Waals surface area (Å²) in [5.74, 6) is 1.04. The summed E-state index contributed by atoms with van der Waals surface area (Å²) in [4.78, 5) is 30.7. The SMILES string of the molecule is COc1cc2c(Oc3ccc(CC(=O)C4(C(=O)Cc5ccc(F)cc5)CC4)cc3F)ccnc2cc1OCCCCCCCCCCS. The van der Waals surface area contributed by atoms with Gasteiger partial charge < -0.3 is 14.2 Å². The van der Waals surface area contributed by atoms with E-state index in [1.807, 2.05) is 0 Å². The van der Waals surface area contributed by atoms with Crippen molar-refractivity contribution in [3.63, 3.8) is 0 Å². The number of carbonyl (C=O) groups excluding carboxylic acids is 2. The topological polar surface area (TPSA) is 74.7 Å². The number of fused-ring (bicyclic) bond motifs is 1. The van der Waals surface area contributed by atoms with Gasteiger partial charge in [0.2, 0.25) is 0 Å². The van der Waals surface area contributed by atoms with Crippen molar-refractivity contribution in [3.8, 4) is 23.0 Å². The number of aromatic nitrogens is 1. The van der Waals surface area contributed by atoms with Gasteiger partial charge in [0.25, 0.3) is 0 Å². The number of pyridine rings is 1. The average Bonchev–Trinajstić information content (AvgIpc) is 3.90. The first-order valence-corrected chi connectivity index (χ1v) is 17.4. The van der Waals surface area contributed by atoms with E-state index in [0.29, 0.717) is 58.7 Å². The van der Waals surface area contributed by atoms with E-state index >= 15 is 4.39 Å². The van der Waals surface area contributed by atoms with Crippen molar-refractivity contribution >= 4 is 35.1 Å². The molecule has 254 valence electrons. The highest BCUT2D eigenvalue weighted by Crippen LogP contribution is 2.49. The summed E-state index contributed by atoms with van der Waals surface area (Å²) in [7, 11) is 1.57. The highest BCUT2D eigenvalue weighted by Gasteiger charge is 2.54. The number of benzene rings is 3. The lowest BCUT2D eigenvalue weighted by Gasteiger charge is -2.15. The van der Waals surface area contributed by atoms with Crippen LogP contribution >= 0.6 is 12.6 Å². The Morgan fingerprint density at radius 3 is 2.04 bits per heavy atom. The molecule has 4 aromatic rings. The summed E-state index contributed by atoms with van der Waals surface area (Å²) in [5.41, 5.74) is 0.680. The van der Waals surface area contributed by atoms with Crippen LogP contribution in [0, 0.1) is 17.0 Å². The third-order valence-electron chi connectivity index (χ3n) is 8.97. The zero-order chi connectivity index (χ0) is 33.9. The Labute approximate surface area is 286 Å². The number of carbonyl (C=O) groups is 2. The van der Waals surface area contributed by atoms with E-state index in [4.69, 9.17) is 14.2 Å². The van der Waals surface area contributed by atoms with Crippen LogP contribution in [-0.2, 0) is 22.4 Å². The first kappa shape index (κ1) is 35.3. The molecular formula is C39H43F2NO5S. The molecule has 1 heterocycles. The van der Waals surface area contributed by atoms with Crippen molar-refractivity contribution in [1.29, 1.82) is 0 Å². The number of methoxy groups -OCH3 is 1. The van der Waals surface area contributed by atoms with Crippen LogP contribution in [0.15, 0.2) is 66.9 Å². The lowest BCUT2D eigenvalue weighted by molar-refractivity contribution is -0.133. The maximum atomic E-state index is 15.3. The van der Waals surface area contributed by atoms with E-state index in [1.165, 1.54) is 62.8 Å². The quantitative estimate of drug-likeness (QED) is 0.0572. The Balaban J connectivity index is 1.18. The smallest absolute Gasteiger partial charge is 0.166 e. The van der Waals surface area contributed by atoms with E-state index < -0.39 is 11.2 Å². The van der Waals surface area contributed by atoms with Crippen molar-refractivity contribution < 1.29 is 32.6 Å². The number of thiol groups is 1. The van der Waals surface area contributed by atoms with Gasteiger partial charge in [-0.3, -0.25) is 14.6 Å². The van der Waals surface area contributed by atoms with Crippen molar-refractivity contribution in [3.05, 3.63) is 89.6 Å². The van der Waals surface area contributed by atoms with E-state index in [0.717, 1.165) is 18.6 Å². The molecule has 6 nitrogen and oxygen atoms in total. The van der Waals surface area contributed by atoms with Gasteiger partial charge in [-0.1, -0.05) is 56.7 Å². The molecule has 0 atom stereocenters. The first-order valence-electron chi connectivity index (χ1n) is 16.8. The molecule has 48 heavy (non-hydrogen) atoms. The predicted octanol–water partition coefficient (Wildman–Crippen LogP) is 9.45. The second kappa shape index (κ2) is 16.9. The maximum Gasteiger partial charge on any atom is 0.166 e. The molecule has 1 aromatic heterocycles. The normalized spacial score (nSPS) is 13.3. The van der Waals surface area contributed by atoms with E-state index in [-0.39, 0.29) is 36.0 Å². The molecule has 0 aliphatic heterocycles. The Kier molecular flexibility index (Phi) is 12.4. The number of rotatable bonds is 20. The van der Waals surface area contributed by atoms with Crippen molar-refractivity contribution in [1.82, 2.24) is 4.98 Å². The van der Waals surface area contributed by atoms with Crippen molar-refractivity contribution in [2.45, 2.75) is 77.0 Å². The van der Waals surface area contributed by atoms with Crippen LogP contribution < -0.4 is 14.2 Å². The van der Waals surface area contributed by atoms with E-state index in [9.17, 15) is 14.0 Å². The number of nitrogens with zero attached hydrogens (tertiary/aromatic N) is 1. The minimum atomic E-state index is -1.05. The second-order valence-corrected chi connectivity index (χ2v) is 13.0. The van der Waals surface area contributed by atoms with Gasteiger partial charge >= 0.3 is 0 Å². The van der Waals surface area contributed by atoms with Gasteiger partial charge in [-0.2, -0.15) is 12.6 Å². The average molecular weight is 676 g/mol. The molecule has 0 spiro atoms. The molecular weight excluding hydrogens is 632 g/mol. The van der Waals surface area contributed by atoms with Crippen LogP contribution in [0.3, 0.4) is 0 Å². The second-order valence-electron chi connectivity index (χ2n) is 12.5. The van der Waals surface area contributed by atoms with Crippen LogP contribution in [0.25, 0.3) is 10.9 Å². The molecule has 1 aliphatic rings. The third-order valence-corrected chi connectivity index (χ3v) is 9.29. The summed E-state index contributed by atoms with van der Waals surface area (Å²) in [5, 5.41) is 0.633. The number of ketones is 2. The summed E-state index contributed by atoms with van der Waals surface area (Å²) >= 11 is 4.26. The van der Waals surface area contributed by atoms with Gasteiger partial charge in [0.1, 0.15) is 11.6 Å². The molecule has 1 aliphatic carbocycles. The Hall–Kier alpha value is -3.98. The highest BCUT2D eigenvalue weighted by molar-refractivity contribution is 7.80. The molecule has 0 saturated heterocycles. The summed E-state index contributed by atoms with van der Waals surface area (Å²) < 4.78 is 46.2. The van der Waals surface area contributed by atoms with Crippen LogP contribution in [-0.4, -0.2) is 36.0 Å². The van der Waals surface area contributed by atoms with Gasteiger partial charge in [0.15, 0.2) is 34.6 Å². The maximum absolute atomic E-state index is 15.3. The summed E-state index contributed by atoms with van der Waals surface area (Å²) in [6.07, 6.45) is 12.0. The third kappa shape index (κ3) is 9.13. The molecule has 1 saturated carbocycles. The molecule has 0 radical (unpaired) electrons. The summed E-state index contributed by atoms with van der Waals surface area (Å²) in [6.45, 7) is 0.571. The van der Waals surface area contributed by atoms with Gasteiger partial charge in [-0.15, -0.1) is 0 Å². The number of halogens is 2. The molecule has 0 bridgehead atoms. The van der Waals surface area contributed by atoms with E-state index in [2.05, 4.69) is 17.6 Å². The van der Waals surface area contributed by atoms with Gasteiger partial charge in [-0.25, -0.2) is 8.78 Å². The Morgan fingerprint density at radius 1 is 0.750 bits per heavy atom. The Morgan fingerprint density at radius 2 is 1.40 bits per heavy atom. The minimum absolute atomic E-state index is 0.00628. The lowest BCUT2D eigenvalue weighted by atomic mass is 9.88. The molecule has 0 amide bonds. The zero-order valence-electron chi connectivity index (χ0n) is 27.4. The Bertz CT molecular complexity index is 1710. The molecule has 9 heteroatoms. The van der Waals surface area contributed by atoms with Gasteiger partial charge in [0.05, 0.1) is 24.6 Å². The molecule has 0 unspecified atom stereocenters. The summed E-state index contributed by atoms with van der Waals surface area (Å²) in [6, 6.07) is 15.3. The monoisotopic (exact) mass is 675 g/mol.